The highest BCUT2D eigenvalue weighted by atomic mass is 32.2. The SMILES string of the molecule is CS(=O)(=O)c1cc[nH]c1-c1ccc(-c2ccccc2)cc1. The lowest BCUT2D eigenvalue weighted by Gasteiger charge is -2.05. The average Bonchev–Trinajstić information content (AvgIpc) is 2.98. The smallest absolute Gasteiger partial charge is 0.177 e. The Bertz CT molecular complexity index is 847. The number of hydrogen-bond donors (Lipinski definition) is 1. The molecule has 0 radical (unpaired) electrons. The second-order valence-corrected chi connectivity index (χ2v) is 6.92. The Morgan fingerprint density at radius 3 is 1.95 bits per heavy atom. The summed E-state index contributed by atoms with van der Waals surface area (Å²) >= 11 is 0. The number of benzene rings is 2. The molecule has 0 aliphatic heterocycles. The van der Waals surface area contributed by atoms with Crippen LogP contribution in [0, 0.1) is 0 Å². The molecular weight excluding hydrogens is 282 g/mol. The Morgan fingerprint density at radius 1 is 0.762 bits per heavy atom. The number of H-pyrrole nitrogens is 1. The molecule has 21 heavy (non-hydrogen) atoms. The highest BCUT2D eigenvalue weighted by molar-refractivity contribution is 7.90. The summed E-state index contributed by atoms with van der Waals surface area (Å²) in [6, 6.07) is 19.5. The number of nitrogens with one attached hydrogen (secondary N) is 1. The Morgan fingerprint density at radius 2 is 1.33 bits per heavy atom. The van der Waals surface area contributed by atoms with Gasteiger partial charge in [0.15, 0.2) is 9.84 Å². The second kappa shape index (κ2) is 5.22. The first-order valence-corrected chi connectivity index (χ1v) is 8.48. The minimum absolute atomic E-state index is 0.329. The van der Waals surface area contributed by atoms with Gasteiger partial charge in [-0.25, -0.2) is 8.42 Å². The van der Waals surface area contributed by atoms with Gasteiger partial charge < -0.3 is 4.98 Å². The molecule has 2 aromatic carbocycles. The minimum Gasteiger partial charge on any atom is -0.360 e. The molecule has 0 amide bonds. The molecule has 0 atom stereocenters. The number of hydrogen-bond acceptors (Lipinski definition) is 2. The molecule has 0 spiro atoms. The third-order valence-electron chi connectivity index (χ3n) is 3.39. The number of sulfone groups is 1. The predicted octanol–water partition coefficient (Wildman–Crippen LogP) is 3.75. The first-order chi connectivity index (χ1) is 10.1. The summed E-state index contributed by atoms with van der Waals surface area (Å²) < 4.78 is 23.5. The van der Waals surface area contributed by atoms with Gasteiger partial charge in [-0.1, -0.05) is 54.6 Å². The van der Waals surface area contributed by atoms with Crippen molar-refractivity contribution in [3.63, 3.8) is 0 Å². The van der Waals surface area contributed by atoms with Gasteiger partial charge in [-0.15, -0.1) is 0 Å². The summed E-state index contributed by atoms with van der Waals surface area (Å²) in [7, 11) is -3.23. The molecule has 3 rings (SSSR count). The van der Waals surface area contributed by atoms with E-state index in [0.29, 0.717) is 10.6 Å². The Hall–Kier alpha value is -2.33. The van der Waals surface area contributed by atoms with Crippen LogP contribution in [0.15, 0.2) is 71.8 Å². The van der Waals surface area contributed by atoms with Crippen molar-refractivity contribution in [2.75, 3.05) is 6.26 Å². The maximum absolute atomic E-state index is 11.8. The lowest BCUT2D eigenvalue weighted by molar-refractivity contribution is 0.602. The molecular formula is C17H15NO2S. The van der Waals surface area contributed by atoms with E-state index in [0.717, 1.165) is 16.7 Å². The summed E-state index contributed by atoms with van der Waals surface area (Å²) in [6.45, 7) is 0. The van der Waals surface area contributed by atoms with Crippen LogP contribution in [0.1, 0.15) is 0 Å². The molecule has 4 heteroatoms. The molecule has 1 aromatic heterocycles. The van der Waals surface area contributed by atoms with Gasteiger partial charge in [0.2, 0.25) is 0 Å². The van der Waals surface area contributed by atoms with E-state index in [1.165, 1.54) is 6.26 Å². The van der Waals surface area contributed by atoms with Crippen molar-refractivity contribution in [1.82, 2.24) is 4.98 Å². The number of aromatic amines is 1. The molecule has 1 N–H and O–H groups in total. The molecule has 1 heterocycles. The van der Waals surface area contributed by atoms with Crippen molar-refractivity contribution in [2.45, 2.75) is 4.90 Å². The van der Waals surface area contributed by atoms with Gasteiger partial charge in [0.25, 0.3) is 0 Å². The maximum atomic E-state index is 11.8. The topological polar surface area (TPSA) is 49.9 Å². The van der Waals surface area contributed by atoms with Gasteiger partial charge >= 0.3 is 0 Å². The lowest BCUT2D eigenvalue weighted by atomic mass is 10.0. The van der Waals surface area contributed by atoms with E-state index < -0.39 is 9.84 Å². The van der Waals surface area contributed by atoms with Gasteiger partial charge in [0, 0.05) is 12.5 Å². The Kier molecular flexibility index (Phi) is 3.39. The van der Waals surface area contributed by atoms with Gasteiger partial charge in [0.1, 0.15) is 0 Å². The number of aromatic nitrogens is 1. The molecule has 3 aromatic rings. The average molecular weight is 297 g/mol. The monoisotopic (exact) mass is 297 g/mol. The molecule has 0 aliphatic carbocycles. The van der Waals surface area contributed by atoms with E-state index in [1.807, 2.05) is 54.6 Å². The van der Waals surface area contributed by atoms with Crippen molar-refractivity contribution in [3.8, 4) is 22.4 Å². The van der Waals surface area contributed by atoms with Crippen LogP contribution in [0.5, 0.6) is 0 Å². The van der Waals surface area contributed by atoms with Gasteiger partial charge in [-0.3, -0.25) is 0 Å². The van der Waals surface area contributed by atoms with Gasteiger partial charge in [0.05, 0.1) is 10.6 Å². The minimum atomic E-state index is -3.23. The van der Waals surface area contributed by atoms with E-state index in [1.54, 1.807) is 12.3 Å². The van der Waals surface area contributed by atoms with Crippen LogP contribution < -0.4 is 0 Å². The summed E-state index contributed by atoms with van der Waals surface area (Å²) in [4.78, 5) is 3.34. The van der Waals surface area contributed by atoms with Crippen molar-refractivity contribution in [2.24, 2.45) is 0 Å². The van der Waals surface area contributed by atoms with Crippen LogP contribution in [0.4, 0.5) is 0 Å². The van der Waals surface area contributed by atoms with Crippen LogP contribution >= 0.6 is 0 Å². The molecule has 0 saturated heterocycles. The van der Waals surface area contributed by atoms with Crippen molar-refractivity contribution < 1.29 is 8.42 Å². The van der Waals surface area contributed by atoms with Crippen LogP contribution in [0.3, 0.4) is 0 Å². The van der Waals surface area contributed by atoms with Crippen LogP contribution in [0.2, 0.25) is 0 Å². The molecule has 0 aliphatic rings. The van der Waals surface area contributed by atoms with E-state index in [9.17, 15) is 8.42 Å². The largest absolute Gasteiger partial charge is 0.360 e. The fourth-order valence-electron chi connectivity index (χ4n) is 2.35. The van der Waals surface area contributed by atoms with Crippen molar-refractivity contribution in [3.05, 3.63) is 66.9 Å². The molecule has 0 unspecified atom stereocenters. The van der Waals surface area contributed by atoms with E-state index in [2.05, 4.69) is 4.98 Å². The molecule has 0 saturated carbocycles. The normalized spacial score (nSPS) is 11.5. The Labute approximate surface area is 124 Å². The molecule has 106 valence electrons. The van der Waals surface area contributed by atoms with E-state index >= 15 is 0 Å². The molecule has 3 nitrogen and oxygen atoms in total. The fraction of sp³-hybridized carbons (Fsp3) is 0.0588. The van der Waals surface area contributed by atoms with Gasteiger partial charge in [-0.2, -0.15) is 0 Å². The summed E-state index contributed by atoms with van der Waals surface area (Å²) in [5.74, 6) is 0. The van der Waals surface area contributed by atoms with Crippen LogP contribution in [0.25, 0.3) is 22.4 Å². The first-order valence-electron chi connectivity index (χ1n) is 6.59. The third kappa shape index (κ3) is 2.76. The van der Waals surface area contributed by atoms with E-state index in [-0.39, 0.29) is 0 Å². The highest BCUT2D eigenvalue weighted by Gasteiger charge is 2.15. The van der Waals surface area contributed by atoms with Gasteiger partial charge in [-0.05, 0) is 22.8 Å². The molecule has 0 bridgehead atoms. The standard InChI is InChI=1S/C17H15NO2S/c1-21(19,20)16-11-12-18-17(16)15-9-7-14(8-10-15)13-5-3-2-4-6-13/h2-12,18H,1H3. The zero-order chi connectivity index (χ0) is 14.9. The number of rotatable bonds is 3. The predicted molar refractivity (Wildman–Crippen MR) is 84.8 cm³/mol. The summed E-state index contributed by atoms with van der Waals surface area (Å²) in [5, 5.41) is 0. The first kappa shape index (κ1) is 13.6. The summed E-state index contributed by atoms with van der Waals surface area (Å²) in [5.41, 5.74) is 3.74. The highest BCUT2D eigenvalue weighted by Crippen LogP contribution is 2.28. The zero-order valence-electron chi connectivity index (χ0n) is 11.6. The van der Waals surface area contributed by atoms with Crippen LogP contribution in [-0.2, 0) is 9.84 Å². The van der Waals surface area contributed by atoms with Crippen molar-refractivity contribution in [1.29, 1.82) is 0 Å². The zero-order valence-corrected chi connectivity index (χ0v) is 12.4. The quantitative estimate of drug-likeness (QED) is 0.800. The second-order valence-electron chi connectivity index (χ2n) is 4.93. The molecule has 0 fully saturated rings. The van der Waals surface area contributed by atoms with E-state index in [4.69, 9.17) is 0 Å². The summed E-state index contributed by atoms with van der Waals surface area (Å²) in [6.07, 6.45) is 2.87. The van der Waals surface area contributed by atoms with Crippen LogP contribution in [-0.4, -0.2) is 19.7 Å². The lowest BCUT2D eigenvalue weighted by Crippen LogP contribution is -1.97. The Balaban J connectivity index is 2.01. The maximum Gasteiger partial charge on any atom is 0.177 e. The van der Waals surface area contributed by atoms with Crippen molar-refractivity contribution >= 4 is 9.84 Å². The fourth-order valence-corrected chi connectivity index (χ4v) is 3.21. The third-order valence-corrected chi connectivity index (χ3v) is 4.53.